The lowest BCUT2D eigenvalue weighted by molar-refractivity contribution is -0.115. The fourth-order valence-electron chi connectivity index (χ4n) is 3.79. The lowest BCUT2D eigenvalue weighted by Crippen LogP contribution is -2.37. The van der Waals surface area contributed by atoms with Gasteiger partial charge in [0.25, 0.3) is 5.95 Å². The Balaban J connectivity index is 1.56. The van der Waals surface area contributed by atoms with Crippen LogP contribution in [0.15, 0.2) is 30.3 Å². The average molecular weight is 391 g/mol. The number of hydrogen-bond donors (Lipinski definition) is 2. The predicted octanol–water partition coefficient (Wildman–Crippen LogP) is 2.56. The van der Waals surface area contributed by atoms with E-state index in [2.05, 4.69) is 25.3 Å². The second-order valence-electron chi connectivity index (χ2n) is 7.45. The molecule has 0 aliphatic carbocycles. The van der Waals surface area contributed by atoms with Gasteiger partial charge in [-0.2, -0.15) is 9.78 Å². The second kappa shape index (κ2) is 7.54. The van der Waals surface area contributed by atoms with Crippen molar-refractivity contribution in [1.29, 1.82) is 0 Å². The molecule has 0 atom stereocenters. The molecule has 150 valence electrons. The Bertz CT molecular complexity index is 1050. The number of nitrogens with zero attached hydrogens (tertiary/aromatic N) is 5. The number of rotatable bonds is 4. The zero-order valence-electron chi connectivity index (χ0n) is 16.9. The number of carbonyl (C=O) groups is 1. The van der Waals surface area contributed by atoms with Crippen molar-refractivity contribution in [2.24, 2.45) is 0 Å². The summed E-state index contributed by atoms with van der Waals surface area (Å²) in [6, 6.07) is 9.59. The Morgan fingerprint density at radius 1 is 1.14 bits per heavy atom. The zero-order valence-corrected chi connectivity index (χ0v) is 16.9. The van der Waals surface area contributed by atoms with Crippen molar-refractivity contribution < 1.29 is 4.79 Å². The van der Waals surface area contributed by atoms with Crippen LogP contribution >= 0.6 is 0 Å². The summed E-state index contributed by atoms with van der Waals surface area (Å²) >= 11 is 0. The number of benzene rings is 1. The Morgan fingerprint density at radius 3 is 2.66 bits per heavy atom. The second-order valence-corrected chi connectivity index (χ2v) is 7.45. The first-order valence-corrected chi connectivity index (χ1v) is 9.72. The van der Waals surface area contributed by atoms with Crippen molar-refractivity contribution in [3.63, 3.8) is 0 Å². The van der Waals surface area contributed by atoms with E-state index in [-0.39, 0.29) is 12.5 Å². The van der Waals surface area contributed by atoms with E-state index in [1.165, 1.54) is 0 Å². The molecule has 0 fully saturated rings. The van der Waals surface area contributed by atoms with Crippen LogP contribution in [0.4, 0.5) is 17.2 Å². The molecule has 2 aromatic heterocycles. The van der Waals surface area contributed by atoms with E-state index in [4.69, 9.17) is 5.73 Å². The van der Waals surface area contributed by atoms with E-state index in [1.807, 2.05) is 51.1 Å². The molecule has 1 aromatic carbocycles. The van der Waals surface area contributed by atoms with Gasteiger partial charge in [0, 0.05) is 35.4 Å². The Labute approximate surface area is 169 Å². The maximum Gasteiger partial charge on any atom is 0.252 e. The first kappa shape index (κ1) is 18.9. The number of amides is 1. The molecular weight excluding hydrogens is 366 g/mol. The number of hydrogen-bond acceptors (Lipinski definition) is 6. The van der Waals surface area contributed by atoms with Crippen LogP contribution in [0.3, 0.4) is 0 Å². The van der Waals surface area contributed by atoms with E-state index in [0.717, 1.165) is 53.4 Å². The van der Waals surface area contributed by atoms with E-state index in [0.29, 0.717) is 11.8 Å². The molecule has 8 nitrogen and oxygen atoms in total. The SMILES string of the molecule is Cc1cc(C)nc(-n2nc(C)cc2NC(=O)CN2CCCc3c(N)cccc32)n1. The standard InChI is InChI=1S/C21H25N7O/c1-13-10-14(2)24-21(23-13)28-19(11-15(3)26-28)25-20(29)12-27-9-5-6-16-17(22)7-4-8-18(16)27/h4,7-8,10-11H,5-6,9,12,22H2,1-3H3,(H,25,29). The number of aryl methyl sites for hydroxylation is 3. The van der Waals surface area contributed by atoms with Gasteiger partial charge in [0.1, 0.15) is 5.82 Å². The summed E-state index contributed by atoms with van der Waals surface area (Å²) in [6.07, 6.45) is 1.91. The highest BCUT2D eigenvalue weighted by atomic mass is 16.2. The van der Waals surface area contributed by atoms with Gasteiger partial charge in [-0.05, 0) is 57.4 Å². The third-order valence-electron chi connectivity index (χ3n) is 4.98. The molecule has 4 rings (SSSR count). The van der Waals surface area contributed by atoms with E-state index < -0.39 is 0 Å². The molecule has 0 unspecified atom stereocenters. The van der Waals surface area contributed by atoms with Crippen molar-refractivity contribution in [3.8, 4) is 5.95 Å². The third kappa shape index (κ3) is 3.91. The molecule has 3 heterocycles. The molecule has 29 heavy (non-hydrogen) atoms. The van der Waals surface area contributed by atoms with Gasteiger partial charge in [0.05, 0.1) is 12.2 Å². The molecule has 0 spiro atoms. The number of nitrogens with one attached hydrogen (secondary N) is 1. The Hall–Kier alpha value is -3.42. The molecule has 3 N–H and O–H groups in total. The van der Waals surface area contributed by atoms with Crippen LogP contribution in [0, 0.1) is 20.8 Å². The monoisotopic (exact) mass is 391 g/mol. The largest absolute Gasteiger partial charge is 0.398 e. The van der Waals surface area contributed by atoms with Crippen LogP contribution in [0.5, 0.6) is 0 Å². The highest BCUT2D eigenvalue weighted by molar-refractivity contribution is 5.94. The van der Waals surface area contributed by atoms with Crippen molar-refractivity contribution in [2.75, 3.05) is 29.0 Å². The molecule has 1 amide bonds. The molecule has 0 bridgehead atoms. The summed E-state index contributed by atoms with van der Waals surface area (Å²) < 4.78 is 1.58. The Kier molecular flexibility index (Phi) is 4.92. The topological polar surface area (TPSA) is 102 Å². The smallest absolute Gasteiger partial charge is 0.252 e. The van der Waals surface area contributed by atoms with Crippen molar-refractivity contribution in [3.05, 3.63) is 53.0 Å². The molecular formula is C21H25N7O. The summed E-state index contributed by atoms with van der Waals surface area (Å²) in [6.45, 7) is 6.76. The number of fused-ring (bicyclic) bond motifs is 1. The fourth-order valence-corrected chi connectivity index (χ4v) is 3.79. The van der Waals surface area contributed by atoms with Gasteiger partial charge in [0.2, 0.25) is 5.91 Å². The molecule has 8 heteroatoms. The van der Waals surface area contributed by atoms with Crippen LogP contribution in [0.25, 0.3) is 5.95 Å². The van der Waals surface area contributed by atoms with Gasteiger partial charge < -0.3 is 16.0 Å². The minimum absolute atomic E-state index is 0.120. The minimum atomic E-state index is -0.120. The number of aromatic nitrogens is 4. The lowest BCUT2D eigenvalue weighted by Gasteiger charge is -2.31. The summed E-state index contributed by atoms with van der Waals surface area (Å²) in [5.74, 6) is 0.884. The van der Waals surface area contributed by atoms with Crippen LogP contribution < -0.4 is 16.0 Å². The van der Waals surface area contributed by atoms with Crippen LogP contribution in [0.2, 0.25) is 0 Å². The molecule has 1 aliphatic heterocycles. The number of carbonyl (C=O) groups excluding carboxylic acids is 1. The van der Waals surface area contributed by atoms with E-state index in [9.17, 15) is 4.79 Å². The van der Waals surface area contributed by atoms with Gasteiger partial charge in [-0.3, -0.25) is 4.79 Å². The maximum atomic E-state index is 12.8. The lowest BCUT2D eigenvalue weighted by atomic mass is 10.00. The van der Waals surface area contributed by atoms with E-state index in [1.54, 1.807) is 4.68 Å². The van der Waals surface area contributed by atoms with Crippen LogP contribution in [-0.2, 0) is 11.2 Å². The minimum Gasteiger partial charge on any atom is -0.398 e. The van der Waals surface area contributed by atoms with Crippen molar-refractivity contribution >= 4 is 23.1 Å². The first-order valence-electron chi connectivity index (χ1n) is 9.72. The van der Waals surface area contributed by atoms with E-state index >= 15 is 0 Å². The maximum absolute atomic E-state index is 12.8. The van der Waals surface area contributed by atoms with Crippen molar-refractivity contribution in [1.82, 2.24) is 19.7 Å². The average Bonchev–Trinajstić information content (AvgIpc) is 3.02. The van der Waals surface area contributed by atoms with Gasteiger partial charge in [-0.15, -0.1) is 0 Å². The molecule has 1 aliphatic rings. The molecule has 3 aromatic rings. The highest BCUT2D eigenvalue weighted by Crippen LogP contribution is 2.31. The van der Waals surface area contributed by atoms with Gasteiger partial charge >= 0.3 is 0 Å². The normalized spacial score (nSPS) is 13.3. The summed E-state index contributed by atoms with van der Waals surface area (Å²) in [5, 5.41) is 7.43. The van der Waals surface area contributed by atoms with Gasteiger partial charge in [-0.25, -0.2) is 9.97 Å². The van der Waals surface area contributed by atoms with Crippen molar-refractivity contribution in [2.45, 2.75) is 33.6 Å². The predicted molar refractivity (Wildman–Crippen MR) is 113 cm³/mol. The summed E-state index contributed by atoms with van der Waals surface area (Å²) in [7, 11) is 0. The molecule has 0 saturated heterocycles. The van der Waals surface area contributed by atoms with Gasteiger partial charge in [0.15, 0.2) is 0 Å². The number of anilines is 3. The molecule has 0 saturated carbocycles. The first-order chi connectivity index (χ1) is 13.9. The number of nitrogens with two attached hydrogens (primary N) is 1. The number of nitrogen functional groups attached to an aromatic ring is 1. The van der Waals surface area contributed by atoms with Crippen LogP contribution in [0.1, 0.15) is 29.1 Å². The summed E-state index contributed by atoms with van der Waals surface area (Å²) in [5.41, 5.74) is 11.5. The highest BCUT2D eigenvalue weighted by Gasteiger charge is 2.21. The zero-order chi connectivity index (χ0) is 20.5. The Morgan fingerprint density at radius 2 is 1.90 bits per heavy atom. The fraction of sp³-hybridized carbons (Fsp3) is 0.333. The molecule has 0 radical (unpaired) electrons. The van der Waals surface area contributed by atoms with Crippen LogP contribution in [-0.4, -0.2) is 38.7 Å². The summed E-state index contributed by atoms with van der Waals surface area (Å²) in [4.78, 5) is 23.8. The van der Waals surface area contributed by atoms with Gasteiger partial charge in [-0.1, -0.05) is 6.07 Å². The third-order valence-corrected chi connectivity index (χ3v) is 4.98. The quantitative estimate of drug-likeness (QED) is 0.663.